The second-order valence-electron chi connectivity index (χ2n) is 4.19. The van der Waals surface area contributed by atoms with Crippen LogP contribution in [-0.4, -0.2) is 10.2 Å². The number of rotatable bonds is 3. The Morgan fingerprint density at radius 1 is 1.33 bits per heavy atom. The third-order valence-corrected chi connectivity index (χ3v) is 3.03. The van der Waals surface area contributed by atoms with Crippen LogP contribution in [0.4, 0.5) is 0 Å². The van der Waals surface area contributed by atoms with Gasteiger partial charge in [-0.2, -0.15) is 0 Å². The quantitative estimate of drug-likeness (QED) is 0.638. The minimum Gasteiger partial charge on any atom is -0.403 e. The van der Waals surface area contributed by atoms with Crippen molar-refractivity contribution < 1.29 is 9.21 Å². The molecule has 1 aromatic heterocycles. The summed E-state index contributed by atoms with van der Waals surface area (Å²) in [5.41, 5.74) is 0.236. The van der Waals surface area contributed by atoms with Crippen LogP contribution in [0.3, 0.4) is 0 Å². The van der Waals surface area contributed by atoms with Crippen molar-refractivity contribution in [2.45, 2.75) is 6.92 Å². The molecule has 0 saturated carbocycles. The monoisotopic (exact) mass is 301 g/mol. The van der Waals surface area contributed by atoms with Crippen LogP contribution in [0, 0.1) is 0 Å². The molecule has 0 bridgehead atoms. The lowest BCUT2D eigenvalue weighted by Crippen LogP contribution is -2.40. The Morgan fingerprint density at radius 3 is 2.52 bits per heavy atom. The molecule has 0 amide bonds. The molecule has 2 aromatic rings. The van der Waals surface area contributed by atoms with Crippen LogP contribution in [0.2, 0.25) is 0 Å². The number of benzene rings is 1. The lowest BCUT2D eigenvalue weighted by atomic mass is 10.2. The third kappa shape index (κ3) is 3.35. The van der Waals surface area contributed by atoms with Gasteiger partial charge in [-0.25, -0.2) is 9.78 Å². The van der Waals surface area contributed by atoms with E-state index in [9.17, 15) is 9.59 Å². The molecule has 0 fully saturated rings. The molecular weight excluding hydrogens is 290 g/mol. The van der Waals surface area contributed by atoms with Crippen molar-refractivity contribution in [3.63, 3.8) is 0 Å². The van der Waals surface area contributed by atoms with Gasteiger partial charge in [-0.3, -0.25) is 4.79 Å². The first-order valence-electron chi connectivity index (χ1n) is 6.16. The normalized spacial score (nSPS) is 12.5. The first kappa shape index (κ1) is 14.9. The van der Waals surface area contributed by atoms with Crippen LogP contribution in [0.5, 0.6) is 0 Å². The highest BCUT2D eigenvalue weighted by Gasteiger charge is 2.07. The van der Waals surface area contributed by atoms with E-state index >= 15 is 0 Å². The van der Waals surface area contributed by atoms with E-state index in [1.165, 1.54) is 12.2 Å². The van der Waals surface area contributed by atoms with Gasteiger partial charge < -0.3 is 4.42 Å². The highest BCUT2D eigenvalue weighted by atomic mass is 35.5. The predicted octanol–water partition coefficient (Wildman–Crippen LogP) is 1.60. The minimum atomic E-state index is -0.663. The fourth-order valence-corrected chi connectivity index (χ4v) is 1.89. The van der Waals surface area contributed by atoms with E-state index in [2.05, 4.69) is 11.6 Å². The highest BCUT2D eigenvalue weighted by molar-refractivity contribution is 6.68. The summed E-state index contributed by atoms with van der Waals surface area (Å²) >= 11 is 5.41. The fourth-order valence-electron chi connectivity index (χ4n) is 1.72. The molecule has 0 N–H and O–H groups in total. The van der Waals surface area contributed by atoms with E-state index in [0.29, 0.717) is 5.56 Å². The lowest BCUT2D eigenvalue weighted by Gasteiger charge is -1.99. The van der Waals surface area contributed by atoms with E-state index in [1.54, 1.807) is 19.1 Å². The summed E-state index contributed by atoms with van der Waals surface area (Å²) < 4.78 is 5.18. The standard InChI is InChI=1S/C16H12ClNO3/c1-3-11(14(17)19)9-13-10(2)18-15(21-16(13)20)12-7-5-4-6-8-12/h3-9H,2H2,1H3/b11-3+,13-9+. The molecule has 0 aliphatic rings. The number of allylic oxidation sites excluding steroid dienone is 2. The Bertz CT molecular complexity index is 832. The molecule has 0 unspecified atom stereocenters. The average molecular weight is 302 g/mol. The van der Waals surface area contributed by atoms with E-state index in [0.717, 1.165) is 0 Å². The van der Waals surface area contributed by atoms with Crippen molar-refractivity contribution in [1.82, 2.24) is 4.98 Å². The Balaban J connectivity index is 2.64. The SMILES string of the molecule is C=c1nc(-c2ccccc2)oc(=O)/c1=C/C(=C\C)C(=O)Cl. The molecule has 0 spiro atoms. The number of nitrogens with zero attached hydrogens (tertiary/aromatic N) is 1. The molecule has 0 atom stereocenters. The van der Waals surface area contributed by atoms with Crippen molar-refractivity contribution in [1.29, 1.82) is 0 Å². The Morgan fingerprint density at radius 2 is 2.00 bits per heavy atom. The first-order chi connectivity index (χ1) is 10.0. The van der Waals surface area contributed by atoms with Crippen molar-refractivity contribution in [2.24, 2.45) is 0 Å². The fraction of sp³-hybridized carbons (Fsp3) is 0.0625. The zero-order valence-corrected chi connectivity index (χ0v) is 12.1. The van der Waals surface area contributed by atoms with Crippen molar-refractivity contribution >= 4 is 29.5 Å². The van der Waals surface area contributed by atoms with Gasteiger partial charge >= 0.3 is 5.63 Å². The maximum absolute atomic E-state index is 12.0. The van der Waals surface area contributed by atoms with Gasteiger partial charge in [-0.15, -0.1) is 0 Å². The summed E-state index contributed by atoms with van der Waals surface area (Å²) in [6.07, 6.45) is 2.82. The number of hydrogen-bond acceptors (Lipinski definition) is 4. The van der Waals surface area contributed by atoms with Gasteiger partial charge in [0.25, 0.3) is 5.24 Å². The topological polar surface area (TPSA) is 60.2 Å². The van der Waals surface area contributed by atoms with Crippen LogP contribution in [0.15, 0.2) is 51.2 Å². The van der Waals surface area contributed by atoms with Crippen LogP contribution in [0.1, 0.15) is 6.92 Å². The van der Waals surface area contributed by atoms with Gasteiger partial charge in [-0.05, 0) is 36.7 Å². The summed E-state index contributed by atoms with van der Waals surface area (Å²) in [4.78, 5) is 27.4. The molecule has 106 valence electrons. The molecule has 0 aliphatic heterocycles. The summed E-state index contributed by atoms with van der Waals surface area (Å²) in [5, 5.41) is -0.331. The largest absolute Gasteiger partial charge is 0.403 e. The van der Waals surface area contributed by atoms with Gasteiger partial charge in [-0.1, -0.05) is 30.9 Å². The van der Waals surface area contributed by atoms with Gasteiger partial charge in [0, 0.05) is 11.1 Å². The molecule has 4 nitrogen and oxygen atoms in total. The molecule has 0 saturated heterocycles. The predicted molar refractivity (Wildman–Crippen MR) is 82.1 cm³/mol. The third-order valence-electron chi connectivity index (χ3n) is 2.82. The van der Waals surface area contributed by atoms with Gasteiger partial charge in [0.05, 0.1) is 10.6 Å². The number of carbonyl (C=O) groups excluding carboxylic acids is 1. The average Bonchev–Trinajstić information content (AvgIpc) is 2.47. The highest BCUT2D eigenvalue weighted by Crippen LogP contribution is 2.12. The molecule has 5 heteroatoms. The molecule has 0 aliphatic carbocycles. The van der Waals surface area contributed by atoms with Crippen molar-refractivity contribution in [2.75, 3.05) is 0 Å². The molecular formula is C16H12ClNO3. The maximum Gasteiger partial charge on any atom is 0.347 e. The molecule has 21 heavy (non-hydrogen) atoms. The molecule has 2 rings (SSSR count). The minimum absolute atomic E-state index is 0.108. The van der Waals surface area contributed by atoms with Gasteiger partial charge in [0.2, 0.25) is 5.89 Å². The summed E-state index contributed by atoms with van der Waals surface area (Å²) in [7, 11) is 0. The number of hydrogen-bond donors (Lipinski definition) is 0. The Kier molecular flexibility index (Phi) is 4.50. The lowest BCUT2D eigenvalue weighted by molar-refractivity contribution is -0.108. The van der Waals surface area contributed by atoms with Gasteiger partial charge in [0.1, 0.15) is 0 Å². The van der Waals surface area contributed by atoms with E-state index in [4.69, 9.17) is 16.0 Å². The van der Waals surface area contributed by atoms with Crippen LogP contribution >= 0.6 is 11.6 Å². The number of halogens is 1. The van der Waals surface area contributed by atoms with Crippen LogP contribution in [-0.2, 0) is 4.79 Å². The zero-order valence-electron chi connectivity index (χ0n) is 11.3. The first-order valence-corrected chi connectivity index (χ1v) is 6.54. The molecule has 0 radical (unpaired) electrons. The summed E-state index contributed by atoms with van der Waals surface area (Å²) in [6, 6.07) is 9.01. The van der Waals surface area contributed by atoms with E-state index in [1.807, 2.05) is 18.2 Å². The van der Waals surface area contributed by atoms with Crippen LogP contribution in [0.25, 0.3) is 24.1 Å². The molecule has 1 aromatic carbocycles. The van der Waals surface area contributed by atoms with E-state index < -0.39 is 10.9 Å². The second-order valence-corrected chi connectivity index (χ2v) is 4.54. The second kappa shape index (κ2) is 6.33. The van der Waals surface area contributed by atoms with Crippen molar-refractivity contribution in [3.8, 4) is 11.5 Å². The number of aromatic nitrogens is 1. The molecule has 1 heterocycles. The zero-order chi connectivity index (χ0) is 15.4. The van der Waals surface area contributed by atoms with E-state index in [-0.39, 0.29) is 22.0 Å². The summed E-state index contributed by atoms with van der Waals surface area (Å²) in [6.45, 7) is 5.37. The summed E-state index contributed by atoms with van der Waals surface area (Å²) in [5.74, 6) is 0.182. The van der Waals surface area contributed by atoms with Gasteiger partial charge in [0.15, 0.2) is 0 Å². The van der Waals surface area contributed by atoms with Crippen LogP contribution < -0.4 is 16.2 Å². The maximum atomic E-state index is 12.0. The Labute approximate surface area is 125 Å². The number of carbonyl (C=O) groups is 1. The van der Waals surface area contributed by atoms with Crippen molar-refractivity contribution in [3.05, 3.63) is 63.0 Å². The smallest absolute Gasteiger partial charge is 0.347 e. The Hall–Kier alpha value is -2.46.